The second-order valence-electron chi connectivity index (χ2n) is 3.41. The van der Waals surface area contributed by atoms with E-state index in [1.54, 1.807) is 6.07 Å². The van der Waals surface area contributed by atoms with Crippen molar-refractivity contribution >= 4 is 0 Å². The Kier molecular flexibility index (Phi) is 4.07. The van der Waals surface area contributed by atoms with Crippen LogP contribution >= 0.6 is 0 Å². The summed E-state index contributed by atoms with van der Waals surface area (Å²) >= 11 is 0. The van der Waals surface area contributed by atoms with Crippen molar-refractivity contribution in [1.82, 2.24) is 0 Å². The zero-order valence-electron chi connectivity index (χ0n) is 8.75. The first-order valence-electron chi connectivity index (χ1n) is 4.99. The van der Waals surface area contributed by atoms with Gasteiger partial charge in [0.05, 0.1) is 0 Å². The molecule has 1 aromatic carbocycles. The number of phenolic OH excluding ortho intramolecular Hbond substituents is 1. The Balaban J connectivity index is 2.65. The lowest BCUT2D eigenvalue weighted by molar-refractivity contribution is 0.465. The Morgan fingerprint density at radius 2 is 2.07 bits per heavy atom. The van der Waals surface area contributed by atoms with E-state index in [9.17, 15) is 5.11 Å². The SMILES string of the molecule is CCC#CC(C)Cc1ccccc1O. The summed E-state index contributed by atoms with van der Waals surface area (Å²) in [6.45, 7) is 4.12. The first-order chi connectivity index (χ1) is 6.74. The lowest BCUT2D eigenvalue weighted by Crippen LogP contribution is -1.96. The van der Waals surface area contributed by atoms with Gasteiger partial charge in [-0.25, -0.2) is 0 Å². The molecule has 0 aliphatic rings. The van der Waals surface area contributed by atoms with Crippen LogP contribution in [-0.2, 0) is 6.42 Å². The van der Waals surface area contributed by atoms with Crippen LogP contribution in [0.4, 0.5) is 0 Å². The van der Waals surface area contributed by atoms with E-state index < -0.39 is 0 Å². The van der Waals surface area contributed by atoms with Crippen molar-refractivity contribution in [2.24, 2.45) is 5.92 Å². The zero-order chi connectivity index (χ0) is 10.4. The van der Waals surface area contributed by atoms with Crippen molar-refractivity contribution in [1.29, 1.82) is 0 Å². The maximum absolute atomic E-state index is 9.54. The van der Waals surface area contributed by atoms with Gasteiger partial charge < -0.3 is 5.11 Å². The molecule has 0 amide bonds. The Hall–Kier alpha value is -1.42. The molecule has 1 nitrogen and oxygen atoms in total. The highest BCUT2D eigenvalue weighted by Crippen LogP contribution is 2.18. The number of benzene rings is 1. The van der Waals surface area contributed by atoms with Crippen molar-refractivity contribution in [3.05, 3.63) is 29.8 Å². The molecule has 1 N–H and O–H groups in total. The number of hydrogen-bond donors (Lipinski definition) is 1. The summed E-state index contributed by atoms with van der Waals surface area (Å²) in [7, 11) is 0. The predicted octanol–water partition coefficient (Wildman–Crippen LogP) is 2.98. The summed E-state index contributed by atoms with van der Waals surface area (Å²) < 4.78 is 0. The minimum atomic E-state index is 0.309. The van der Waals surface area contributed by atoms with Crippen molar-refractivity contribution in [2.75, 3.05) is 0 Å². The van der Waals surface area contributed by atoms with E-state index in [-0.39, 0.29) is 0 Å². The predicted molar refractivity (Wildman–Crippen MR) is 59.0 cm³/mol. The average Bonchev–Trinajstić information content (AvgIpc) is 2.18. The molecule has 0 bridgehead atoms. The molecule has 0 radical (unpaired) electrons. The third-order valence-corrected chi connectivity index (χ3v) is 2.04. The van der Waals surface area contributed by atoms with Gasteiger partial charge in [-0.1, -0.05) is 38.0 Å². The zero-order valence-corrected chi connectivity index (χ0v) is 8.75. The number of hydrogen-bond acceptors (Lipinski definition) is 1. The fraction of sp³-hybridized carbons (Fsp3) is 0.385. The van der Waals surface area contributed by atoms with Gasteiger partial charge in [-0.15, -0.1) is 5.92 Å². The van der Waals surface area contributed by atoms with E-state index in [0.717, 1.165) is 18.4 Å². The standard InChI is InChI=1S/C13H16O/c1-3-4-7-11(2)10-12-8-5-6-9-13(12)14/h5-6,8-9,11,14H,3,10H2,1-2H3. The van der Waals surface area contributed by atoms with Crippen LogP contribution in [0.5, 0.6) is 5.75 Å². The molecule has 0 aliphatic heterocycles. The fourth-order valence-corrected chi connectivity index (χ4v) is 1.34. The summed E-state index contributed by atoms with van der Waals surface area (Å²) in [5, 5.41) is 9.54. The van der Waals surface area contributed by atoms with Gasteiger partial charge in [0.25, 0.3) is 0 Å². The third-order valence-electron chi connectivity index (χ3n) is 2.04. The van der Waals surface area contributed by atoms with Crippen LogP contribution in [0.1, 0.15) is 25.8 Å². The second-order valence-corrected chi connectivity index (χ2v) is 3.41. The lowest BCUT2D eigenvalue weighted by Gasteiger charge is -2.05. The molecule has 0 fully saturated rings. The van der Waals surface area contributed by atoms with Crippen LogP contribution in [0, 0.1) is 17.8 Å². The molecule has 14 heavy (non-hydrogen) atoms. The molecule has 1 heteroatoms. The number of phenols is 1. The maximum atomic E-state index is 9.54. The van der Waals surface area contributed by atoms with Crippen LogP contribution in [0.25, 0.3) is 0 Å². The summed E-state index contributed by atoms with van der Waals surface area (Å²) in [6.07, 6.45) is 1.71. The topological polar surface area (TPSA) is 20.2 Å². The summed E-state index contributed by atoms with van der Waals surface area (Å²) in [5.74, 6) is 6.88. The second kappa shape index (κ2) is 5.34. The van der Waals surface area contributed by atoms with E-state index in [4.69, 9.17) is 0 Å². The third kappa shape index (κ3) is 3.14. The van der Waals surface area contributed by atoms with Crippen LogP contribution < -0.4 is 0 Å². The molecule has 1 aromatic rings. The summed E-state index contributed by atoms with van der Waals surface area (Å²) in [5.41, 5.74) is 0.977. The van der Waals surface area contributed by atoms with E-state index in [1.807, 2.05) is 25.1 Å². The van der Waals surface area contributed by atoms with Crippen LogP contribution in [0.3, 0.4) is 0 Å². The van der Waals surface area contributed by atoms with Gasteiger partial charge in [0.1, 0.15) is 5.75 Å². The molecule has 0 aromatic heterocycles. The molecule has 0 spiro atoms. The molecule has 1 atom stereocenters. The monoisotopic (exact) mass is 188 g/mol. The first kappa shape index (κ1) is 10.7. The summed E-state index contributed by atoms with van der Waals surface area (Å²) in [4.78, 5) is 0. The molecular weight excluding hydrogens is 172 g/mol. The van der Waals surface area contributed by atoms with Gasteiger partial charge in [0, 0.05) is 12.3 Å². The van der Waals surface area contributed by atoms with E-state index in [0.29, 0.717) is 11.7 Å². The highest BCUT2D eigenvalue weighted by molar-refractivity contribution is 5.32. The maximum Gasteiger partial charge on any atom is 0.118 e. The minimum absolute atomic E-state index is 0.309. The average molecular weight is 188 g/mol. The number of aromatic hydroxyl groups is 1. The van der Waals surface area contributed by atoms with E-state index >= 15 is 0 Å². The number of para-hydroxylation sites is 1. The van der Waals surface area contributed by atoms with Crippen molar-refractivity contribution in [3.8, 4) is 17.6 Å². The van der Waals surface area contributed by atoms with Crippen LogP contribution in [0.15, 0.2) is 24.3 Å². The molecule has 0 saturated heterocycles. The molecule has 1 rings (SSSR count). The fourth-order valence-electron chi connectivity index (χ4n) is 1.34. The molecule has 1 unspecified atom stereocenters. The smallest absolute Gasteiger partial charge is 0.118 e. The van der Waals surface area contributed by atoms with Gasteiger partial charge in [0.2, 0.25) is 0 Å². The lowest BCUT2D eigenvalue weighted by atomic mass is 10.0. The highest BCUT2D eigenvalue weighted by atomic mass is 16.3. The van der Waals surface area contributed by atoms with E-state index in [1.165, 1.54) is 0 Å². The van der Waals surface area contributed by atoms with Gasteiger partial charge in [0.15, 0.2) is 0 Å². The molecule has 0 aliphatic carbocycles. The van der Waals surface area contributed by atoms with Gasteiger partial charge in [-0.3, -0.25) is 0 Å². The van der Waals surface area contributed by atoms with Crippen LogP contribution in [0.2, 0.25) is 0 Å². The minimum Gasteiger partial charge on any atom is -0.508 e. The van der Waals surface area contributed by atoms with E-state index in [2.05, 4.69) is 18.8 Å². The Morgan fingerprint density at radius 1 is 1.36 bits per heavy atom. The molecule has 0 saturated carbocycles. The molecular formula is C13H16O. The van der Waals surface area contributed by atoms with Crippen molar-refractivity contribution < 1.29 is 5.11 Å². The Labute approximate surface area is 85.8 Å². The largest absolute Gasteiger partial charge is 0.508 e. The molecule has 0 heterocycles. The number of rotatable bonds is 2. The molecule has 74 valence electrons. The van der Waals surface area contributed by atoms with Crippen LogP contribution in [-0.4, -0.2) is 5.11 Å². The highest BCUT2D eigenvalue weighted by Gasteiger charge is 2.03. The first-order valence-corrected chi connectivity index (χ1v) is 4.99. The van der Waals surface area contributed by atoms with Crippen molar-refractivity contribution in [3.63, 3.8) is 0 Å². The van der Waals surface area contributed by atoms with Gasteiger partial charge in [-0.2, -0.15) is 0 Å². The normalized spacial score (nSPS) is 11.6. The van der Waals surface area contributed by atoms with Crippen molar-refractivity contribution in [2.45, 2.75) is 26.7 Å². The Bertz CT molecular complexity index is 344. The van der Waals surface area contributed by atoms with Gasteiger partial charge >= 0.3 is 0 Å². The quantitative estimate of drug-likeness (QED) is 0.707. The van der Waals surface area contributed by atoms with Gasteiger partial charge in [-0.05, 0) is 18.1 Å². The summed E-state index contributed by atoms with van der Waals surface area (Å²) in [6, 6.07) is 7.44. The Morgan fingerprint density at radius 3 is 2.71 bits per heavy atom.